The van der Waals surface area contributed by atoms with E-state index in [-0.39, 0.29) is 24.0 Å². The SMILES string of the molecule is CCNC(=NCCCN1CCN(c2ncccn2)CC1)N1CCN(c2ncccn2)CC1.I. The van der Waals surface area contributed by atoms with Crippen molar-refractivity contribution in [2.45, 2.75) is 13.3 Å². The Morgan fingerprint density at radius 2 is 1.33 bits per heavy atom. The van der Waals surface area contributed by atoms with Crippen molar-refractivity contribution in [3.63, 3.8) is 0 Å². The zero-order valence-corrected chi connectivity index (χ0v) is 21.7. The summed E-state index contributed by atoms with van der Waals surface area (Å²) >= 11 is 0. The predicted octanol–water partition coefficient (Wildman–Crippen LogP) is 1.18. The first-order valence-electron chi connectivity index (χ1n) is 11.6. The molecule has 0 amide bonds. The molecule has 2 aliphatic rings. The molecule has 0 unspecified atom stereocenters. The Morgan fingerprint density at radius 3 is 1.85 bits per heavy atom. The lowest BCUT2D eigenvalue weighted by Gasteiger charge is -2.36. The average Bonchev–Trinajstić information content (AvgIpc) is 2.87. The molecule has 4 heterocycles. The Morgan fingerprint density at radius 1 is 0.818 bits per heavy atom. The monoisotopic (exact) mass is 566 g/mol. The summed E-state index contributed by atoms with van der Waals surface area (Å²) in [5, 5.41) is 3.46. The first-order valence-corrected chi connectivity index (χ1v) is 11.6. The molecule has 2 saturated heterocycles. The van der Waals surface area contributed by atoms with E-state index in [0.29, 0.717) is 0 Å². The van der Waals surface area contributed by atoms with Gasteiger partial charge < -0.3 is 20.0 Å². The van der Waals surface area contributed by atoms with Gasteiger partial charge in [-0.2, -0.15) is 0 Å². The number of piperazine rings is 2. The minimum absolute atomic E-state index is 0. The maximum atomic E-state index is 4.91. The van der Waals surface area contributed by atoms with E-state index >= 15 is 0 Å². The number of aromatic nitrogens is 4. The number of nitrogens with zero attached hydrogens (tertiary/aromatic N) is 9. The summed E-state index contributed by atoms with van der Waals surface area (Å²) in [6.45, 7) is 12.6. The maximum absolute atomic E-state index is 4.91. The number of nitrogens with one attached hydrogen (secondary N) is 1. The second kappa shape index (κ2) is 13.4. The van der Waals surface area contributed by atoms with Crippen LogP contribution in [0.5, 0.6) is 0 Å². The van der Waals surface area contributed by atoms with Crippen LogP contribution in [0.15, 0.2) is 41.9 Å². The molecule has 2 aliphatic heterocycles. The first-order chi connectivity index (χ1) is 15.8. The molecule has 10 nitrogen and oxygen atoms in total. The van der Waals surface area contributed by atoms with Gasteiger partial charge in [0.25, 0.3) is 0 Å². The summed E-state index contributed by atoms with van der Waals surface area (Å²) in [6, 6.07) is 3.72. The van der Waals surface area contributed by atoms with E-state index in [2.05, 4.69) is 51.8 Å². The molecule has 2 aromatic heterocycles. The van der Waals surface area contributed by atoms with Crippen molar-refractivity contribution < 1.29 is 0 Å². The van der Waals surface area contributed by atoms with Gasteiger partial charge in [-0.15, -0.1) is 24.0 Å². The molecule has 2 aromatic rings. The van der Waals surface area contributed by atoms with Crippen molar-refractivity contribution in [3.8, 4) is 0 Å². The van der Waals surface area contributed by atoms with Crippen LogP contribution in [0.4, 0.5) is 11.9 Å². The summed E-state index contributed by atoms with van der Waals surface area (Å²) in [7, 11) is 0. The van der Waals surface area contributed by atoms with E-state index in [1.165, 1.54) is 0 Å². The third kappa shape index (κ3) is 7.36. The highest BCUT2D eigenvalue weighted by molar-refractivity contribution is 14.0. The Balaban J connectivity index is 0.00000306. The van der Waals surface area contributed by atoms with Crippen molar-refractivity contribution in [2.75, 3.05) is 81.8 Å². The predicted molar refractivity (Wildman–Crippen MR) is 143 cm³/mol. The molecule has 0 radical (unpaired) electrons. The van der Waals surface area contributed by atoms with Crippen LogP contribution in [-0.2, 0) is 0 Å². The van der Waals surface area contributed by atoms with Crippen LogP contribution in [0.1, 0.15) is 13.3 Å². The molecule has 0 aliphatic carbocycles. The summed E-state index contributed by atoms with van der Waals surface area (Å²) < 4.78 is 0. The van der Waals surface area contributed by atoms with Crippen LogP contribution in [-0.4, -0.2) is 108 Å². The van der Waals surface area contributed by atoms with Gasteiger partial charge in [-0.25, -0.2) is 19.9 Å². The quantitative estimate of drug-likeness (QED) is 0.230. The van der Waals surface area contributed by atoms with Crippen molar-refractivity contribution >= 4 is 41.8 Å². The zero-order valence-electron chi connectivity index (χ0n) is 19.4. The number of hydrogen-bond acceptors (Lipinski definition) is 8. The smallest absolute Gasteiger partial charge is 0.225 e. The molecule has 180 valence electrons. The van der Waals surface area contributed by atoms with Crippen LogP contribution in [0.3, 0.4) is 0 Å². The number of guanidine groups is 1. The van der Waals surface area contributed by atoms with Crippen LogP contribution in [0, 0.1) is 0 Å². The Hall–Kier alpha value is -2.28. The van der Waals surface area contributed by atoms with E-state index in [1.54, 1.807) is 12.4 Å². The van der Waals surface area contributed by atoms with Crippen molar-refractivity contribution in [1.82, 2.24) is 35.1 Å². The van der Waals surface area contributed by atoms with Gasteiger partial charge in [0.2, 0.25) is 11.9 Å². The fourth-order valence-electron chi connectivity index (χ4n) is 4.10. The van der Waals surface area contributed by atoms with E-state index in [0.717, 1.165) is 96.3 Å². The molecule has 1 N–H and O–H groups in total. The highest BCUT2D eigenvalue weighted by atomic mass is 127. The Labute approximate surface area is 213 Å². The maximum Gasteiger partial charge on any atom is 0.225 e. The average molecular weight is 566 g/mol. The van der Waals surface area contributed by atoms with Gasteiger partial charge in [-0.1, -0.05) is 0 Å². The van der Waals surface area contributed by atoms with Gasteiger partial charge >= 0.3 is 0 Å². The van der Waals surface area contributed by atoms with E-state index < -0.39 is 0 Å². The molecular formula is C22H35IN10. The third-order valence-corrected chi connectivity index (χ3v) is 5.85. The number of aliphatic imine (C=N–C) groups is 1. The highest BCUT2D eigenvalue weighted by Gasteiger charge is 2.21. The molecule has 33 heavy (non-hydrogen) atoms. The minimum Gasteiger partial charge on any atom is -0.357 e. The fourth-order valence-corrected chi connectivity index (χ4v) is 4.10. The number of rotatable bonds is 7. The standard InChI is InChI=1S/C22H34N10.HI/c1-2-23-20(31-16-18-32(19-17-31)22-26-8-4-9-27-22)28-10-5-11-29-12-14-30(15-13-29)21-24-6-3-7-25-21;/h3-4,6-9H,2,5,10-19H2,1H3,(H,23,28);1H. The molecule has 0 bridgehead atoms. The minimum atomic E-state index is 0. The van der Waals surface area contributed by atoms with Gasteiger partial charge in [-0.3, -0.25) is 9.89 Å². The Bertz CT molecular complexity index is 822. The summed E-state index contributed by atoms with van der Waals surface area (Å²) in [5.74, 6) is 2.67. The van der Waals surface area contributed by atoms with Crippen molar-refractivity contribution in [2.24, 2.45) is 4.99 Å². The molecule has 11 heteroatoms. The Kier molecular flexibility index (Phi) is 10.3. The molecule has 2 fully saturated rings. The van der Waals surface area contributed by atoms with Gasteiger partial charge in [0, 0.05) is 96.8 Å². The van der Waals surface area contributed by atoms with Crippen LogP contribution in [0.25, 0.3) is 0 Å². The van der Waals surface area contributed by atoms with E-state index in [1.807, 2.05) is 24.5 Å². The van der Waals surface area contributed by atoms with Crippen LogP contribution in [0.2, 0.25) is 0 Å². The number of halogens is 1. The largest absolute Gasteiger partial charge is 0.357 e. The van der Waals surface area contributed by atoms with Gasteiger partial charge in [0.1, 0.15) is 0 Å². The second-order valence-electron chi connectivity index (χ2n) is 7.99. The fraction of sp³-hybridized carbons (Fsp3) is 0.591. The van der Waals surface area contributed by atoms with Crippen LogP contribution < -0.4 is 15.1 Å². The lowest BCUT2D eigenvalue weighted by molar-refractivity contribution is 0.255. The van der Waals surface area contributed by atoms with Gasteiger partial charge in [0.15, 0.2) is 5.96 Å². The lowest BCUT2D eigenvalue weighted by Crippen LogP contribution is -2.53. The number of hydrogen-bond donors (Lipinski definition) is 1. The summed E-state index contributed by atoms with van der Waals surface area (Å²) in [4.78, 5) is 31.7. The van der Waals surface area contributed by atoms with Crippen molar-refractivity contribution in [3.05, 3.63) is 36.9 Å². The first kappa shape index (κ1) is 25.3. The molecular weight excluding hydrogens is 531 g/mol. The van der Waals surface area contributed by atoms with Crippen molar-refractivity contribution in [1.29, 1.82) is 0 Å². The molecule has 4 rings (SSSR count). The van der Waals surface area contributed by atoms with Gasteiger partial charge in [-0.05, 0) is 25.5 Å². The molecule has 0 spiro atoms. The van der Waals surface area contributed by atoms with Crippen LogP contribution >= 0.6 is 24.0 Å². The number of anilines is 2. The molecule has 0 aromatic carbocycles. The van der Waals surface area contributed by atoms with Gasteiger partial charge in [0.05, 0.1) is 0 Å². The molecule has 0 saturated carbocycles. The normalized spacial score (nSPS) is 17.6. The van der Waals surface area contributed by atoms with E-state index in [9.17, 15) is 0 Å². The summed E-state index contributed by atoms with van der Waals surface area (Å²) in [6.07, 6.45) is 8.29. The zero-order chi connectivity index (χ0) is 22.0. The summed E-state index contributed by atoms with van der Waals surface area (Å²) in [5.41, 5.74) is 0. The molecule has 0 atom stereocenters. The van der Waals surface area contributed by atoms with E-state index in [4.69, 9.17) is 4.99 Å². The highest BCUT2D eigenvalue weighted by Crippen LogP contribution is 2.11. The lowest BCUT2D eigenvalue weighted by atomic mass is 10.3. The topological polar surface area (TPSA) is 88.9 Å². The third-order valence-electron chi connectivity index (χ3n) is 5.85. The second-order valence-corrected chi connectivity index (χ2v) is 7.99.